The fourth-order valence-electron chi connectivity index (χ4n) is 2.59. The van der Waals surface area contributed by atoms with Crippen molar-refractivity contribution in [1.29, 1.82) is 0 Å². The van der Waals surface area contributed by atoms with Crippen LogP contribution in [0, 0.1) is 6.92 Å². The van der Waals surface area contributed by atoms with Crippen LogP contribution in [-0.4, -0.2) is 42.5 Å². The maximum atomic E-state index is 12.0. The second-order valence-corrected chi connectivity index (χ2v) is 5.80. The van der Waals surface area contributed by atoms with Crippen molar-refractivity contribution in [1.82, 2.24) is 10.2 Å². The molecule has 2 amide bonds. The van der Waals surface area contributed by atoms with Crippen LogP contribution in [-0.2, 0) is 20.9 Å². The highest BCUT2D eigenvalue weighted by molar-refractivity contribution is 5.83. The predicted molar refractivity (Wildman–Crippen MR) is 84.3 cm³/mol. The lowest BCUT2D eigenvalue weighted by Crippen LogP contribution is -2.43. The third-order valence-corrected chi connectivity index (χ3v) is 3.80. The highest BCUT2D eigenvalue weighted by Crippen LogP contribution is 2.13. The lowest BCUT2D eigenvalue weighted by atomic mass is 10.1. The molecule has 22 heavy (non-hydrogen) atoms. The summed E-state index contributed by atoms with van der Waals surface area (Å²) in [7, 11) is 0. The number of carbonyl (C=O) groups excluding carboxylic acids is 2. The maximum Gasteiger partial charge on any atom is 0.239 e. The second kappa shape index (κ2) is 7.94. The fraction of sp³-hybridized carbons (Fsp3) is 0.529. The van der Waals surface area contributed by atoms with Crippen LogP contribution in [0.1, 0.15) is 30.9 Å². The molecule has 1 N–H and O–H groups in total. The van der Waals surface area contributed by atoms with Gasteiger partial charge >= 0.3 is 0 Å². The van der Waals surface area contributed by atoms with E-state index in [4.69, 9.17) is 4.74 Å². The summed E-state index contributed by atoms with van der Waals surface area (Å²) >= 11 is 0. The Kier molecular flexibility index (Phi) is 5.95. The largest absolute Gasteiger partial charge is 0.376 e. The molecule has 0 bridgehead atoms. The number of ether oxygens (including phenoxy) is 1. The number of hydrogen-bond donors (Lipinski definition) is 1. The van der Waals surface area contributed by atoms with E-state index in [1.54, 1.807) is 4.90 Å². The molecule has 0 aliphatic carbocycles. The lowest BCUT2D eigenvalue weighted by molar-refractivity contribution is -0.135. The molecule has 1 heterocycles. The van der Waals surface area contributed by atoms with Crippen molar-refractivity contribution in [2.24, 2.45) is 0 Å². The molecule has 2 rings (SSSR count). The Balaban J connectivity index is 1.81. The van der Waals surface area contributed by atoms with Crippen LogP contribution in [0.5, 0.6) is 0 Å². The van der Waals surface area contributed by atoms with Crippen LogP contribution in [0.15, 0.2) is 24.3 Å². The monoisotopic (exact) mass is 304 g/mol. The molecule has 0 radical (unpaired) electrons. The van der Waals surface area contributed by atoms with Gasteiger partial charge in [-0.2, -0.15) is 0 Å². The van der Waals surface area contributed by atoms with Crippen molar-refractivity contribution in [2.45, 2.75) is 39.3 Å². The third kappa shape index (κ3) is 5.15. The van der Waals surface area contributed by atoms with Gasteiger partial charge < -0.3 is 15.0 Å². The summed E-state index contributed by atoms with van der Waals surface area (Å²) in [4.78, 5) is 25.3. The van der Waals surface area contributed by atoms with Crippen LogP contribution in [0.3, 0.4) is 0 Å². The van der Waals surface area contributed by atoms with E-state index in [0.29, 0.717) is 13.1 Å². The van der Waals surface area contributed by atoms with Gasteiger partial charge in [-0.15, -0.1) is 0 Å². The molecule has 1 unspecified atom stereocenters. The summed E-state index contributed by atoms with van der Waals surface area (Å²) in [6, 6.07) is 8.00. The van der Waals surface area contributed by atoms with Crippen molar-refractivity contribution in [3.63, 3.8) is 0 Å². The smallest absolute Gasteiger partial charge is 0.239 e. The van der Waals surface area contributed by atoms with Crippen molar-refractivity contribution >= 4 is 11.8 Å². The quantitative estimate of drug-likeness (QED) is 0.869. The highest BCUT2D eigenvalue weighted by Gasteiger charge is 2.22. The van der Waals surface area contributed by atoms with Crippen LogP contribution in [0.4, 0.5) is 0 Å². The van der Waals surface area contributed by atoms with Gasteiger partial charge in [0.1, 0.15) is 0 Å². The Labute approximate surface area is 131 Å². The van der Waals surface area contributed by atoms with E-state index >= 15 is 0 Å². The van der Waals surface area contributed by atoms with E-state index in [1.165, 1.54) is 6.92 Å². The Morgan fingerprint density at radius 2 is 2.23 bits per heavy atom. The summed E-state index contributed by atoms with van der Waals surface area (Å²) < 4.78 is 5.53. The van der Waals surface area contributed by atoms with Crippen LogP contribution in [0.2, 0.25) is 0 Å². The molecule has 0 spiro atoms. The average Bonchev–Trinajstić information content (AvgIpc) is 2.97. The molecule has 1 aromatic carbocycles. The Hall–Kier alpha value is -1.88. The van der Waals surface area contributed by atoms with Gasteiger partial charge in [0.25, 0.3) is 0 Å². The van der Waals surface area contributed by atoms with Crippen molar-refractivity contribution in [2.75, 3.05) is 19.7 Å². The molecule has 0 saturated carbocycles. The molecule has 1 fully saturated rings. The van der Waals surface area contributed by atoms with E-state index < -0.39 is 0 Å². The molecule has 5 heteroatoms. The van der Waals surface area contributed by atoms with Gasteiger partial charge in [0, 0.05) is 26.6 Å². The number of benzene rings is 1. The molecular formula is C17H24N2O3. The van der Waals surface area contributed by atoms with Gasteiger partial charge in [-0.25, -0.2) is 0 Å². The summed E-state index contributed by atoms with van der Waals surface area (Å²) in [6.07, 6.45) is 2.04. The predicted octanol–water partition coefficient (Wildman–Crippen LogP) is 1.64. The first-order valence-corrected chi connectivity index (χ1v) is 7.74. The first-order valence-electron chi connectivity index (χ1n) is 7.74. The van der Waals surface area contributed by atoms with Crippen molar-refractivity contribution in [3.05, 3.63) is 35.4 Å². The van der Waals surface area contributed by atoms with Gasteiger partial charge in [-0.05, 0) is 25.3 Å². The molecule has 1 aromatic rings. The first kappa shape index (κ1) is 16.5. The minimum Gasteiger partial charge on any atom is -0.376 e. The minimum atomic E-state index is -0.144. The van der Waals surface area contributed by atoms with E-state index in [-0.39, 0.29) is 24.5 Å². The first-order chi connectivity index (χ1) is 10.5. The van der Waals surface area contributed by atoms with E-state index in [1.807, 2.05) is 31.2 Å². The van der Waals surface area contributed by atoms with E-state index in [0.717, 1.165) is 30.6 Å². The third-order valence-electron chi connectivity index (χ3n) is 3.80. The Morgan fingerprint density at radius 3 is 2.86 bits per heavy atom. The molecule has 5 nitrogen and oxygen atoms in total. The Bertz CT molecular complexity index is 524. The molecule has 1 aliphatic rings. The van der Waals surface area contributed by atoms with Crippen LogP contribution >= 0.6 is 0 Å². The summed E-state index contributed by atoms with van der Waals surface area (Å²) in [5, 5.41) is 2.86. The van der Waals surface area contributed by atoms with Gasteiger partial charge in [-0.1, -0.05) is 29.8 Å². The van der Waals surface area contributed by atoms with Crippen LogP contribution in [0.25, 0.3) is 0 Å². The highest BCUT2D eigenvalue weighted by atomic mass is 16.5. The zero-order valence-electron chi connectivity index (χ0n) is 13.3. The average molecular weight is 304 g/mol. The molecular weight excluding hydrogens is 280 g/mol. The molecule has 0 aromatic heterocycles. The number of amides is 2. The van der Waals surface area contributed by atoms with Gasteiger partial charge in [0.2, 0.25) is 11.8 Å². The zero-order chi connectivity index (χ0) is 15.9. The summed E-state index contributed by atoms with van der Waals surface area (Å²) in [5.41, 5.74) is 2.22. The number of aryl methyl sites for hydroxylation is 1. The van der Waals surface area contributed by atoms with E-state index in [9.17, 15) is 9.59 Å². The Morgan fingerprint density at radius 1 is 1.41 bits per heavy atom. The SMILES string of the molecule is CC(=O)N(CC(=O)NCc1cccc(C)c1)CC1CCCO1. The second-order valence-electron chi connectivity index (χ2n) is 5.80. The maximum absolute atomic E-state index is 12.0. The van der Waals surface area contributed by atoms with Crippen molar-refractivity contribution < 1.29 is 14.3 Å². The number of nitrogens with one attached hydrogen (secondary N) is 1. The number of nitrogens with zero attached hydrogens (tertiary/aromatic N) is 1. The topological polar surface area (TPSA) is 58.6 Å². The van der Waals surface area contributed by atoms with Crippen molar-refractivity contribution in [3.8, 4) is 0 Å². The van der Waals surface area contributed by atoms with Gasteiger partial charge in [0.15, 0.2) is 0 Å². The zero-order valence-corrected chi connectivity index (χ0v) is 13.3. The standard InChI is InChI=1S/C17H24N2O3/c1-13-5-3-6-15(9-13)10-18-17(21)12-19(14(2)20)11-16-7-4-8-22-16/h3,5-6,9,16H,4,7-8,10-12H2,1-2H3,(H,18,21). The molecule has 1 aliphatic heterocycles. The van der Waals surface area contributed by atoms with Gasteiger partial charge in [-0.3, -0.25) is 9.59 Å². The molecule has 120 valence electrons. The fourth-order valence-corrected chi connectivity index (χ4v) is 2.59. The van der Waals surface area contributed by atoms with Gasteiger partial charge in [0.05, 0.1) is 12.6 Å². The normalized spacial score (nSPS) is 17.3. The number of carbonyl (C=O) groups is 2. The van der Waals surface area contributed by atoms with E-state index in [2.05, 4.69) is 5.32 Å². The lowest BCUT2D eigenvalue weighted by Gasteiger charge is -2.23. The summed E-state index contributed by atoms with van der Waals surface area (Å²) in [6.45, 7) is 5.31. The molecule has 1 saturated heterocycles. The number of hydrogen-bond acceptors (Lipinski definition) is 3. The summed E-state index contributed by atoms with van der Waals surface area (Å²) in [5.74, 6) is -0.240. The molecule has 1 atom stereocenters. The minimum absolute atomic E-state index is 0.0634. The van der Waals surface area contributed by atoms with Crippen LogP contribution < -0.4 is 5.32 Å². The number of rotatable bonds is 6.